The van der Waals surface area contributed by atoms with Gasteiger partial charge in [-0.15, -0.1) is 0 Å². The van der Waals surface area contributed by atoms with E-state index in [1.165, 1.54) is 0 Å². The number of carboxylic acid groups (broad SMARTS) is 1. The first kappa shape index (κ1) is 15.3. The Hall–Kier alpha value is -2.14. The van der Waals surface area contributed by atoms with E-state index >= 15 is 0 Å². The maximum Gasteiger partial charge on any atom is 0.335 e. The third-order valence-corrected chi connectivity index (χ3v) is 3.68. The molecular weight excluding hydrogens is 268 g/mol. The fourth-order valence-corrected chi connectivity index (χ4v) is 2.28. The van der Waals surface area contributed by atoms with Crippen molar-refractivity contribution in [2.75, 3.05) is 13.1 Å². The Morgan fingerprint density at radius 1 is 1.29 bits per heavy atom. The van der Waals surface area contributed by atoms with Crippen LogP contribution in [0.1, 0.15) is 29.3 Å². The van der Waals surface area contributed by atoms with Gasteiger partial charge in [0.2, 0.25) is 5.91 Å². The van der Waals surface area contributed by atoms with Gasteiger partial charge in [-0.2, -0.15) is 0 Å². The minimum atomic E-state index is -0.947. The molecule has 0 fully saturated rings. The summed E-state index contributed by atoms with van der Waals surface area (Å²) in [5.41, 5.74) is 1.14. The van der Waals surface area contributed by atoms with Crippen LogP contribution >= 0.6 is 0 Å². The minimum Gasteiger partial charge on any atom is -0.478 e. The number of hydrogen-bond donors (Lipinski definition) is 2. The first-order valence-electron chi connectivity index (χ1n) is 7.07. The SMILES string of the molecule is CC(C(=O)NCc1ccc(C(=O)O)cc1)N1CC=CCC1. The molecule has 1 amide bonds. The maximum atomic E-state index is 12.1. The van der Waals surface area contributed by atoms with E-state index in [9.17, 15) is 9.59 Å². The van der Waals surface area contributed by atoms with E-state index in [-0.39, 0.29) is 17.5 Å². The molecule has 112 valence electrons. The molecule has 1 atom stereocenters. The Morgan fingerprint density at radius 3 is 2.57 bits per heavy atom. The Labute approximate surface area is 124 Å². The molecule has 0 saturated carbocycles. The van der Waals surface area contributed by atoms with Gasteiger partial charge in [0.05, 0.1) is 11.6 Å². The van der Waals surface area contributed by atoms with Crippen LogP contribution in [-0.4, -0.2) is 41.0 Å². The van der Waals surface area contributed by atoms with Crippen molar-refractivity contribution < 1.29 is 14.7 Å². The molecule has 1 unspecified atom stereocenters. The van der Waals surface area contributed by atoms with Crippen molar-refractivity contribution in [3.63, 3.8) is 0 Å². The zero-order chi connectivity index (χ0) is 15.2. The minimum absolute atomic E-state index is 0.00684. The number of aromatic carboxylic acids is 1. The molecule has 5 nitrogen and oxygen atoms in total. The number of hydrogen-bond acceptors (Lipinski definition) is 3. The van der Waals surface area contributed by atoms with Gasteiger partial charge in [-0.3, -0.25) is 9.69 Å². The Morgan fingerprint density at radius 2 is 2.00 bits per heavy atom. The van der Waals surface area contributed by atoms with Gasteiger partial charge in [-0.1, -0.05) is 24.3 Å². The molecule has 0 aliphatic carbocycles. The average molecular weight is 288 g/mol. The van der Waals surface area contributed by atoms with Crippen molar-refractivity contribution >= 4 is 11.9 Å². The van der Waals surface area contributed by atoms with Crippen LogP contribution in [-0.2, 0) is 11.3 Å². The standard InChI is InChI=1S/C16H20N2O3/c1-12(18-9-3-2-4-10-18)15(19)17-11-13-5-7-14(8-6-13)16(20)21/h2-3,5-8,12H,4,9-11H2,1H3,(H,17,19)(H,20,21). The van der Waals surface area contributed by atoms with E-state index < -0.39 is 5.97 Å². The summed E-state index contributed by atoms with van der Waals surface area (Å²) in [4.78, 5) is 25.0. The Bertz CT molecular complexity index is 537. The summed E-state index contributed by atoms with van der Waals surface area (Å²) in [5, 5.41) is 11.7. The fraction of sp³-hybridized carbons (Fsp3) is 0.375. The lowest BCUT2D eigenvalue weighted by Gasteiger charge is -2.28. The van der Waals surface area contributed by atoms with Crippen LogP contribution in [0.3, 0.4) is 0 Å². The maximum absolute atomic E-state index is 12.1. The van der Waals surface area contributed by atoms with Crippen molar-refractivity contribution in [3.05, 3.63) is 47.5 Å². The third-order valence-electron chi connectivity index (χ3n) is 3.68. The van der Waals surface area contributed by atoms with Crippen LogP contribution in [0.25, 0.3) is 0 Å². The molecule has 2 N–H and O–H groups in total. The van der Waals surface area contributed by atoms with E-state index in [1.807, 2.05) is 6.92 Å². The molecule has 0 radical (unpaired) electrons. The summed E-state index contributed by atoms with van der Waals surface area (Å²) >= 11 is 0. The summed E-state index contributed by atoms with van der Waals surface area (Å²) in [6, 6.07) is 6.37. The highest BCUT2D eigenvalue weighted by atomic mass is 16.4. The van der Waals surface area contributed by atoms with E-state index in [0.29, 0.717) is 6.54 Å². The second kappa shape index (κ2) is 7.04. The van der Waals surface area contributed by atoms with Crippen LogP contribution in [0.4, 0.5) is 0 Å². The molecule has 21 heavy (non-hydrogen) atoms. The highest BCUT2D eigenvalue weighted by molar-refractivity contribution is 5.87. The lowest BCUT2D eigenvalue weighted by Crippen LogP contribution is -2.46. The van der Waals surface area contributed by atoms with Crippen LogP contribution in [0, 0.1) is 0 Å². The molecule has 1 aliphatic rings. The van der Waals surface area contributed by atoms with E-state index in [4.69, 9.17) is 5.11 Å². The third kappa shape index (κ3) is 4.16. The molecule has 1 aromatic rings. The molecule has 1 aromatic carbocycles. The lowest BCUT2D eigenvalue weighted by molar-refractivity contribution is -0.125. The molecule has 0 spiro atoms. The zero-order valence-electron chi connectivity index (χ0n) is 12.1. The molecule has 0 bridgehead atoms. The van der Waals surface area contributed by atoms with Crippen molar-refractivity contribution in [2.24, 2.45) is 0 Å². The normalized spacial score (nSPS) is 16.4. The van der Waals surface area contributed by atoms with Crippen molar-refractivity contribution in [3.8, 4) is 0 Å². The van der Waals surface area contributed by atoms with Gasteiger partial charge in [0.1, 0.15) is 0 Å². The highest BCUT2D eigenvalue weighted by Crippen LogP contribution is 2.08. The number of carbonyl (C=O) groups is 2. The number of rotatable bonds is 5. The van der Waals surface area contributed by atoms with Crippen LogP contribution in [0.5, 0.6) is 0 Å². The number of benzene rings is 1. The predicted molar refractivity (Wildman–Crippen MR) is 80.0 cm³/mol. The molecule has 1 aliphatic heterocycles. The molecule has 2 rings (SSSR count). The molecule has 5 heteroatoms. The van der Waals surface area contributed by atoms with Crippen molar-refractivity contribution in [2.45, 2.75) is 25.9 Å². The topological polar surface area (TPSA) is 69.6 Å². The summed E-state index contributed by atoms with van der Waals surface area (Å²) in [6.45, 7) is 4.02. The van der Waals surface area contributed by atoms with Gasteiger partial charge in [-0.25, -0.2) is 4.79 Å². The quantitative estimate of drug-likeness (QED) is 0.808. The van der Waals surface area contributed by atoms with E-state index in [2.05, 4.69) is 22.4 Å². The molecule has 0 saturated heterocycles. The lowest BCUT2D eigenvalue weighted by atomic mass is 10.1. The summed E-state index contributed by atoms with van der Waals surface area (Å²) in [5.74, 6) is -0.954. The van der Waals surface area contributed by atoms with E-state index in [1.54, 1.807) is 24.3 Å². The van der Waals surface area contributed by atoms with Crippen molar-refractivity contribution in [1.82, 2.24) is 10.2 Å². The second-order valence-electron chi connectivity index (χ2n) is 5.15. The smallest absolute Gasteiger partial charge is 0.335 e. The van der Waals surface area contributed by atoms with Gasteiger partial charge in [0.15, 0.2) is 0 Å². The first-order chi connectivity index (χ1) is 10.1. The van der Waals surface area contributed by atoms with Gasteiger partial charge < -0.3 is 10.4 Å². The number of carbonyl (C=O) groups excluding carboxylic acids is 1. The van der Waals surface area contributed by atoms with Gasteiger partial charge >= 0.3 is 5.97 Å². The largest absolute Gasteiger partial charge is 0.478 e. The number of amides is 1. The summed E-state index contributed by atoms with van der Waals surface area (Å²) < 4.78 is 0. The average Bonchev–Trinajstić information content (AvgIpc) is 2.53. The number of carboxylic acids is 1. The molecular formula is C16H20N2O3. The second-order valence-corrected chi connectivity index (χ2v) is 5.15. The monoisotopic (exact) mass is 288 g/mol. The molecule has 1 heterocycles. The van der Waals surface area contributed by atoms with Crippen LogP contribution < -0.4 is 5.32 Å². The first-order valence-corrected chi connectivity index (χ1v) is 7.07. The predicted octanol–water partition coefficient (Wildman–Crippen LogP) is 1.65. The van der Waals surface area contributed by atoms with E-state index in [0.717, 1.165) is 25.1 Å². The fourth-order valence-electron chi connectivity index (χ4n) is 2.28. The number of nitrogens with one attached hydrogen (secondary N) is 1. The van der Waals surface area contributed by atoms with Crippen LogP contribution in [0.15, 0.2) is 36.4 Å². The van der Waals surface area contributed by atoms with Crippen molar-refractivity contribution in [1.29, 1.82) is 0 Å². The van der Waals surface area contributed by atoms with Gasteiger partial charge in [-0.05, 0) is 31.0 Å². The number of nitrogens with zero attached hydrogens (tertiary/aromatic N) is 1. The van der Waals surface area contributed by atoms with Gasteiger partial charge in [0, 0.05) is 19.6 Å². The Kier molecular flexibility index (Phi) is 5.11. The summed E-state index contributed by atoms with van der Waals surface area (Å²) in [6.07, 6.45) is 5.19. The Balaban J connectivity index is 1.85. The summed E-state index contributed by atoms with van der Waals surface area (Å²) in [7, 11) is 0. The highest BCUT2D eigenvalue weighted by Gasteiger charge is 2.20. The zero-order valence-corrected chi connectivity index (χ0v) is 12.1. The molecule has 0 aromatic heterocycles. The van der Waals surface area contributed by atoms with Crippen LogP contribution in [0.2, 0.25) is 0 Å². The van der Waals surface area contributed by atoms with Gasteiger partial charge in [0.25, 0.3) is 0 Å².